The Morgan fingerprint density at radius 1 is 1.33 bits per heavy atom. The van der Waals surface area contributed by atoms with Crippen LogP contribution in [0.4, 0.5) is 4.79 Å². The van der Waals surface area contributed by atoms with Gasteiger partial charge in [0.25, 0.3) is 5.91 Å². The number of carbonyl (C=O) groups is 2. The first kappa shape index (κ1) is 13.4. The second-order valence-corrected chi connectivity index (χ2v) is 5.31. The van der Waals surface area contributed by atoms with E-state index in [-0.39, 0.29) is 11.9 Å². The monoisotopic (exact) mass is 283 g/mol. The number of benzene rings is 1. The third-order valence-corrected chi connectivity index (χ3v) is 3.78. The highest BCUT2D eigenvalue weighted by Gasteiger charge is 2.39. The van der Waals surface area contributed by atoms with E-state index in [1.54, 1.807) is 11.0 Å². The predicted octanol–water partition coefficient (Wildman–Crippen LogP) is 1.63. The topological polar surface area (TPSA) is 61.4 Å². The number of rotatable bonds is 3. The first-order valence-corrected chi connectivity index (χ1v) is 6.87. The van der Waals surface area contributed by atoms with Crippen molar-refractivity contribution in [2.24, 2.45) is 0 Å². The van der Waals surface area contributed by atoms with Crippen molar-refractivity contribution >= 4 is 11.9 Å². The molecular formula is C16H17N3O2. The second-order valence-electron chi connectivity index (χ2n) is 5.31. The Morgan fingerprint density at radius 2 is 2.05 bits per heavy atom. The maximum atomic E-state index is 12.5. The van der Waals surface area contributed by atoms with Crippen LogP contribution in [0, 0.1) is 6.92 Å². The van der Waals surface area contributed by atoms with E-state index in [0.717, 1.165) is 11.1 Å². The van der Waals surface area contributed by atoms with E-state index in [2.05, 4.69) is 17.2 Å². The molecule has 5 heteroatoms. The van der Waals surface area contributed by atoms with E-state index in [1.165, 1.54) is 0 Å². The third-order valence-electron chi connectivity index (χ3n) is 3.78. The van der Waals surface area contributed by atoms with Crippen molar-refractivity contribution in [1.29, 1.82) is 0 Å². The number of urea groups is 1. The molecule has 0 spiro atoms. The number of hydrogen-bond donors (Lipinski definition) is 2. The molecule has 0 radical (unpaired) electrons. The van der Waals surface area contributed by atoms with E-state index < -0.39 is 6.04 Å². The van der Waals surface area contributed by atoms with Crippen LogP contribution in [0.15, 0.2) is 48.2 Å². The zero-order valence-electron chi connectivity index (χ0n) is 11.8. The van der Waals surface area contributed by atoms with Crippen LogP contribution in [0.5, 0.6) is 0 Å². The zero-order valence-corrected chi connectivity index (χ0v) is 11.8. The molecular weight excluding hydrogens is 266 g/mol. The molecule has 0 saturated heterocycles. The Labute approximate surface area is 123 Å². The van der Waals surface area contributed by atoms with Crippen LogP contribution in [0.2, 0.25) is 0 Å². The van der Waals surface area contributed by atoms with Gasteiger partial charge in [-0.1, -0.05) is 35.9 Å². The van der Waals surface area contributed by atoms with E-state index >= 15 is 0 Å². The molecule has 2 heterocycles. The Kier molecular flexibility index (Phi) is 3.25. The van der Waals surface area contributed by atoms with Gasteiger partial charge >= 0.3 is 6.03 Å². The van der Waals surface area contributed by atoms with Crippen LogP contribution < -0.4 is 10.6 Å². The highest BCUT2D eigenvalue weighted by Crippen LogP contribution is 2.32. The van der Waals surface area contributed by atoms with Crippen molar-refractivity contribution in [3.05, 3.63) is 59.3 Å². The molecule has 2 N–H and O–H groups in total. The summed E-state index contributed by atoms with van der Waals surface area (Å²) in [6, 6.07) is 7.18. The van der Waals surface area contributed by atoms with Gasteiger partial charge in [0, 0.05) is 6.54 Å². The Morgan fingerprint density at radius 3 is 2.71 bits per heavy atom. The van der Waals surface area contributed by atoms with Gasteiger partial charge < -0.3 is 15.5 Å². The van der Waals surface area contributed by atoms with Crippen LogP contribution in [0.3, 0.4) is 0 Å². The second kappa shape index (κ2) is 5.09. The number of nitrogens with zero attached hydrogens (tertiary/aromatic N) is 1. The molecule has 3 amide bonds. The SMILES string of the molecule is C=CCN1CC2=C(C1=O)[C@H](c1ccc(C)cc1)NC(=O)N2. The summed E-state index contributed by atoms with van der Waals surface area (Å²) in [5.74, 6) is -0.0528. The van der Waals surface area contributed by atoms with Gasteiger partial charge in [0.1, 0.15) is 0 Å². The molecule has 0 saturated carbocycles. The van der Waals surface area contributed by atoms with Gasteiger partial charge in [0.15, 0.2) is 0 Å². The number of hydrogen-bond acceptors (Lipinski definition) is 2. The summed E-state index contributed by atoms with van der Waals surface area (Å²) >= 11 is 0. The molecule has 5 nitrogen and oxygen atoms in total. The molecule has 108 valence electrons. The molecule has 0 fully saturated rings. The third kappa shape index (κ3) is 2.31. The average molecular weight is 283 g/mol. The van der Waals surface area contributed by atoms with Crippen molar-refractivity contribution < 1.29 is 9.59 Å². The number of nitrogens with one attached hydrogen (secondary N) is 2. The van der Waals surface area contributed by atoms with Gasteiger partial charge in [-0.15, -0.1) is 6.58 Å². The molecule has 2 aliphatic rings. The van der Waals surface area contributed by atoms with Gasteiger partial charge in [-0.2, -0.15) is 0 Å². The fraction of sp³-hybridized carbons (Fsp3) is 0.250. The molecule has 0 aromatic heterocycles. The molecule has 0 unspecified atom stereocenters. The van der Waals surface area contributed by atoms with Gasteiger partial charge in [0.2, 0.25) is 0 Å². The van der Waals surface area contributed by atoms with Crippen molar-refractivity contribution in [1.82, 2.24) is 15.5 Å². The van der Waals surface area contributed by atoms with E-state index in [0.29, 0.717) is 24.4 Å². The first-order chi connectivity index (χ1) is 10.1. The quantitative estimate of drug-likeness (QED) is 0.828. The fourth-order valence-corrected chi connectivity index (χ4v) is 2.74. The van der Waals surface area contributed by atoms with Crippen molar-refractivity contribution in [3.63, 3.8) is 0 Å². The number of amides is 3. The van der Waals surface area contributed by atoms with Crippen LogP contribution in [-0.4, -0.2) is 29.9 Å². The minimum atomic E-state index is -0.392. The van der Waals surface area contributed by atoms with Crippen molar-refractivity contribution in [2.45, 2.75) is 13.0 Å². The molecule has 2 aliphatic heterocycles. The molecule has 21 heavy (non-hydrogen) atoms. The Balaban J connectivity index is 1.98. The number of carbonyl (C=O) groups excluding carboxylic acids is 2. The average Bonchev–Trinajstić information content (AvgIpc) is 2.76. The fourth-order valence-electron chi connectivity index (χ4n) is 2.74. The van der Waals surface area contributed by atoms with Crippen molar-refractivity contribution in [2.75, 3.05) is 13.1 Å². The first-order valence-electron chi connectivity index (χ1n) is 6.87. The molecule has 0 bridgehead atoms. The van der Waals surface area contributed by atoms with E-state index in [1.807, 2.05) is 31.2 Å². The van der Waals surface area contributed by atoms with Gasteiger partial charge in [-0.3, -0.25) is 4.79 Å². The molecule has 1 aromatic carbocycles. The summed E-state index contributed by atoms with van der Waals surface area (Å²) in [6.45, 7) is 6.57. The normalized spacial score (nSPS) is 21.0. The van der Waals surface area contributed by atoms with Gasteiger partial charge in [-0.25, -0.2) is 4.79 Å². The van der Waals surface area contributed by atoms with E-state index in [4.69, 9.17) is 0 Å². The summed E-state index contributed by atoms with van der Waals surface area (Å²) in [6.07, 6.45) is 1.69. The van der Waals surface area contributed by atoms with E-state index in [9.17, 15) is 9.59 Å². The lowest BCUT2D eigenvalue weighted by Crippen LogP contribution is -2.44. The number of aryl methyl sites for hydroxylation is 1. The Hall–Kier alpha value is -2.56. The predicted molar refractivity (Wildman–Crippen MR) is 79.4 cm³/mol. The minimum Gasteiger partial charge on any atom is -0.329 e. The van der Waals surface area contributed by atoms with Crippen LogP contribution >= 0.6 is 0 Å². The largest absolute Gasteiger partial charge is 0.329 e. The highest BCUT2D eigenvalue weighted by molar-refractivity contribution is 6.01. The van der Waals surface area contributed by atoms with Crippen LogP contribution in [0.1, 0.15) is 17.2 Å². The lowest BCUT2D eigenvalue weighted by molar-refractivity contribution is -0.125. The maximum absolute atomic E-state index is 12.5. The molecule has 1 atom stereocenters. The van der Waals surface area contributed by atoms with Gasteiger partial charge in [-0.05, 0) is 12.5 Å². The summed E-state index contributed by atoms with van der Waals surface area (Å²) in [5, 5.41) is 5.58. The standard InChI is InChI=1S/C16H17N3O2/c1-3-8-19-9-12-13(15(19)20)14(18-16(21)17-12)11-6-4-10(2)5-7-11/h3-7,14H,1,8-9H2,2H3,(H2,17,18,21)/t14-/m0/s1. The summed E-state index contributed by atoms with van der Waals surface area (Å²) < 4.78 is 0. The highest BCUT2D eigenvalue weighted by atomic mass is 16.2. The van der Waals surface area contributed by atoms with Gasteiger partial charge in [0.05, 0.1) is 23.9 Å². The molecule has 3 rings (SSSR count). The Bertz CT molecular complexity index is 646. The lowest BCUT2D eigenvalue weighted by atomic mass is 9.95. The lowest BCUT2D eigenvalue weighted by Gasteiger charge is -2.25. The molecule has 0 aliphatic carbocycles. The van der Waals surface area contributed by atoms with Crippen molar-refractivity contribution in [3.8, 4) is 0 Å². The minimum absolute atomic E-state index is 0.0528. The summed E-state index contributed by atoms with van der Waals surface area (Å²) in [7, 11) is 0. The smallest absolute Gasteiger partial charge is 0.319 e. The molecule has 1 aromatic rings. The van der Waals surface area contributed by atoms with Crippen LogP contribution in [-0.2, 0) is 4.79 Å². The zero-order chi connectivity index (χ0) is 15.0. The summed E-state index contributed by atoms with van der Waals surface area (Å²) in [5.41, 5.74) is 3.37. The van der Waals surface area contributed by atoms with Crippen LogP contribution in [0.25, 0.3) is 0 Å². The summed E-state index contributed by atoms with van der Waals surface area (Å²) in [4.78, 5) is 26.0. The maximum Gasteiger partial charge on any atom is 0.319 e.